The molecule has 0 radical (unpaired) electrons. The molecule has 3 N–H and O–H groups in total. The van der Waals surface area contributed by atoms with Gasteiger partial charge in [-0.2, -0.15) is 0 Å². The zero-order valence-corrected chi connectivity index (χ0v) is 16.3. The second-order valence-corrected chi connectivity index (χ2v) is 7.69. The molecule has 0 bridgehead atoms. The Balaban J connectivity index is 2.01. The van der Waals surface area contributed by atoms with Crippen molar-refractivity contribution in [3.63, 3.8) is 0 Å². The number of carbonyl (C=O) groups is 1. The maximum absolute atomic E-state index is 12.8. The predicted octanol–water partition coefficient (Wildman–Crippen LogP) is 3.21. The van der Waals surface area contributed by atoms with Crippen molar-refractivity contribution in [1.82, 2.24) is 0 Å². The van der Waals surface area contributed by atoms with Gasteiger partial charge in [-0.05, 0) is 31.2 Å². The van der Waals surface area contributed by atoms with Gasteiger partial charge in [0.05, 0.1) is 17.2 Å². The van der Waals surface area contributed by atoms with Gasteiger partial charge in [0.15, 0.2) is 18.1 Å². The molecule has 0 heterocycles. The summed E-state index contributed by atoms with van der Waals surface area (Å²) >= 11 is 0. The fraction of sp³-hybridized carbons (Fsp3) is 0.150. The number of carboxylic acid groups (broad SMARTS) is 1. The summed E-state index contributed by atoms with van der Waals surface area (Å²) in [5.41, 5.74) is 0.146. The van der Waals surface area contributed by atoms with Gasteiger partial charge in [0.1, 0.15) is 5.75 Å². The number of hydrogen-bond donors (Lipinski definition) is 3. The molecular formula is C20H19NO7S. The Morgan fingerprint density at radius 1 is 1.03 bits per heavy atom. The Labute approximate surface area is 167 Å². The largest absolute Gasteiger partial charge is 0.504 e. The van der Waals surface area contributed by atoms with Gasteiger partial charge in [-0.1, -0.05) is 24.3 Å². The van der Waals surface area contributed by atoms with Crippen LogP contribution in [0.1, 0.15) is 6.92 Å². The topological polar surface area (TPSA) is 122 Å². The number of hydrogen-bond acceptors (Lipinski definition) is 6. The zero-order valence-electron chi connectivity index (χ0n) is 15.5. The fourth-order valence-corrected chi connectivity index (χ4v) is 3.82. The van der Waals surface area contributed by atoms with E-state index in [1.54, 1.807) is 36.4 Å². The van der Waals surface area contributed by atoms with Crippen molar-refractivity contribution in [3.8, 4) is 17.2 Å². The first kappa shape index (κ1) is 20.3. The molecule has 0 unspecified atom stereocenters. The van der Waals surface area contributed by atoms with E-state index in [4.69, 9.17) is 14.6 Å². The molecule has 0 saturated carbocycles. The minimum atomic E-state index is -3.96. The third kappa shape index (κ3) is 4.52. The van der Waals surface area contributed by atoms with E-state index >= 15 is 0 Å². The molecule has 29 heavy (non-hydrogen) atoms. The standard InChI is InChI=1S/C20H19NO7S/c1-2-27-13-7-9-14(10-8-13)29(25,26)21-17-11-18(28-12-19(22)23)20(24)16-6-4-3-5-15(16)17/h3-11,21,24H,2,12H2,1H3,(H,22,23). The van der Waals surface area contributed by atoms with Gasteiger partial charge >= 0.3 is 5.97 Å². The number of aromatic hydroxyl groups is 1. The fourth-order valence-electron chi connectivity index (χ4n) is 2.75. The normalized spacial score (nSPS) is 11.2. The lowest BCUT2D eigenvalue weighted by Gasteiger charge is -2.15. The molecular weight excluding hydrogens is 398 g/mol. The lowest BCUT2D eigenvalue weighted by molar-refractivity contribution is -0.139. The van der Waals surface area contributed by atoms with Crippen LogP contribution >= 0.6 is 0 Å². The number of phenols is 1. The van der Waals surface area contributed by atoms with Gasteiger partial charge in [0.25, 0.3) is 10.0 Å². The summed E-state index contributed by atoms with van der Waals surface area (Å²) in [6, 6.07) is 13.7. The minimum Gasteiger partial charge on any atom is -0.504 e. The number of aliphatic carboxylic acids is 1. The van der Waals surface area contributed by atoms with Crippen LogP contribution in [-0.4, -0.2) is 37.8 Å². The highest BCUT2D eigenvalue weighted by atomic mass is 32.2. The van der Waals surface area contributed by atoms with Crippen molar-refractivity contribution in [2.45, 2.75) is 11.8 Å². The van der Waals surface area contributed by atoms with Gasteiger partial charge in [0.2, 0.25) is 0 Å². The van der Waals surface area contributed by atoms with Crippen LogP contribution in [0.15, 0.2) is 59.5 Å². The Morgan fingerprint density at radius 3 is 2.31 bits per heavy atom. The van der Waals surface area contributed by atoms with Gasteiger partial charge < -0.3 is 19.7 Å². The number of ether oxygens (including phenoxy) is 2. The molecule has 0 fully saturated rings. The molecule has 0 aromatic heterocycles. The zero-order chi connectivity index (χ0) is 21.0. The molecule has 0 aliphatic heterocycles. The highest BCUT2D eigenvalue weighted by molar-refractivity contribution is 7.92. The summed E-state index contributed by atoms with van der Waals surface area (Å²) < 4.78 is 38.6. The Kier molecular flexibility index (Phi) is 5.79. The SMILES string of the molecule is CCOc1ccc(S(=O)(=O)Nc2cc(OCC(=O)O)c(O)c3ccccc23)cc1. The van der Waals surface area contributed by atoms with E-state index in [2.05, 4.69) is 4.72 Å². The van der Waals surface area contributed by atoms with Crippen LogP contribution in [0, 0.1) is 0 Å². The summed E-state index contributed by atoms with van der Waals surface area (Å²) in [7, 11) is -3.96. The van der Waals surface area contributed by atoms with E-state index in [9.17, 15) is 18.3 Å². The molecule has 152 valence electrons. The van der Waals surface area contributed by atoms with Crippen LogP contribution in [0.2, 0.25) is 0 Å². The summed E-state index contributed by atoms with van der Waals surface area (Å²) in [4.78, 5) is 10.8. The summed E-state index contributed by atoms with van der Waals surface area (Å²) in [5.74, 6) is -1.10. The molecule has 0 spiro atoms. The lowest BCUT2D eigenvalue weighted by Crippen LogP contribution is -2.14. The van der Waals surface area contributed by atoms with Crippen LogP contribution in [0.3, 0.4) is 0 Å². The molecule has 0 amide bonds. The Morgan fingerprint density at radius 2 is 1.69 bits per heavy atom. The highest BCUT2D eigenvalue weighted by Gasteiger charge is 2.19. The number of rotatable bonds is 8. The second-order valence-electron chi connectivity index (χ2n) is 6.01. The van der Waals surface area contributed by atoms with Crippen LogP contribution < -0.4 is 14.2 Å². The van der Waals surface area contributed by atoms with Crippen molar-refractivity contribution >= 4 is 32.5 Å². The summed E-state index contributed by atoms with van der Waals surface area (Å²) in [5, 5.41) is 19.9. The molecule has 0 saturated heterocycles. The molecule has 3 aromatic rings. The van der Waals surface area contributed by atoms with E-state index in [1.807, 2.05) is 6.92 Å². The first-order valence-corrected chi connectivity index (χ1v) is 10.1. The predicted molar refractivity (Wildman–Crippen MR) is 107 cm³/mol. The molecule has 0 aliphatic rings. The van der Waals surface area contributed by atoms with Gasteiger partial charge in [-0.3, -0.25) is 4.72 Å². The average Bonchev–Trinajstić information content (AvgIpc) is 2.69. The van der Waals surface area contributed by atoms with E-state index in [0.717, 1.165) is 0 Å². The number of sulfonamides is 1. The number of phenolic OH excluding ortho intramolecular Hbond substituents is 1. The Bertz CT molecular complexity index is 1140. The summed E-state index contributed by atoms with van der Waals surface area (Å²) in [6.07, 6.45) is 0. The molecule has 0 atom stereocenters. The summed E-state index contributed by atoms with van der Waals surface area (Å²) in [6.45, 7) is 1.60. The van der Waals surface area contributed by atoms with Gasteiger partial charge in [-0.25, -0.2) is 13.2 Å². The molecule has 8 nitrogen and oxygen atoms in total. The third-order valence-electron chi connectivity index (χ3n) is 4.02. The minimum absolute atomic E-state index is 0.0195. The Hall–Kier alpha value is -3.46. The quantitative estimate of drug-likeness (QED) is 0.481. The van der Waals surface area contributed by atoms with E-state index in [-0.39, 0.29) is 22.1 Å². The van der Waals surface area contributed by atoms with Crippen LogP contribution in [0.5, 0.6) is 17.2 Å². The van der Waals surface area contributed by atoms with Crippen molar-refractivity contribution in [1.29, 1.82) is 0 Å². The maximum Gasteiger partial charge on any atom is 0.341 e. The van der Waals surface area contributed by atoms with Crippen molar-refractivity contribution in [3.05, 3.63) is 54.6 Å². The first-order chi connectivity index (χ1) is 13.8. The number of benzene rings is 3. The van der Waals surface area contributed by atoms with E-state index in [1.165, 1.54) is 18.2 Å². The van der Waals surface area contributed by atoms with E-state index in [0.29, 0.717) is 23.1 Å². The monoisotopic (exact) mass is 417 g/mol. The molecule has 9 heteroatoms. The van der Waals surface area contributed by atoms with Crippen molar-refractivity contribution in [2.75, 3.05) is 17.9 Å². The average molecular weight is 417 g/mol. The number of fused-ring (bicyclic) bond motifs is 1. The van der Waals surface area contributed by atoms with Crippen molar-refractivity contribution in [2.24, 2.45) is 0 Å². The number of anilines is 1. The van der Waals surface area contributed by atoms with Crippen LogP contribution in [0.25, 0.3) is 10.8 Å². The van der Waals surface area contributed by atoms with Gasteiger partial charge in [-0.15, -0.1) is 0 Å². The smallest absolute Gasteiger partial charge is 0.341 e. The molecule has 3 aromatic carbocycles. The lowest BCUT2D eigenvalue weighted by atomic mass is 10.1. The molecule has 0 aliphatic carbocycles. The highest BCUT2D eigenvalue weighted by Crippen LogP contribution is 2.40. The third-order valence-corrected chi connectivity index (χ3v) is 5.40. The number of nitrogens with one attached hydrogen (secondary N) is 1. The second kappa shape index (κ2) is 8.27. The van der Waals surface area contributed by atoms with Crippen LogP contribution in [-0.2, 0) is 14.8 Å². The first-order valence-electron chi connectivity index (χ1n) is 8.67. The maximum atomic E-state index is 12.8. The van der Waals surface area contributed by atoms with E-state index < -0.39 is 22.6 Å². The molecule has 3 rings (SSSR count). The number of carboxylic acids is 1. The van der Waals surface area contributed by atoms with Crippen molar-refractivity contribution < 1.29 is 32.9 Å². The van der Waals surface area contributed by atoms with Gasteiger partial charge in [0, 0.05) is 16.8 Å². The van der Waals surface area contributed by atoms with Crippen LogP contribution in [0.4, 0.5) is 5.69 Å².